The molecule has 0 aliphatic heterocycles. The van der Waals surface area contributed by atoms with Gasteiger partial charge in [-0.05, 0) is 52.3 Å². The molecule has 2 aromatic carbocycles. The molecule has 0 fully saturated rings. The molecule has 0 aliphatic rings. The molecule has 0 spiro atoms. The second-order valence-corrected chi connectivity index (χ2v) is 5.62. The summed E-state index contributed by atoms with van der Waals surface area (Å²) in [5.41, 5.74) is 6.09. The van der Waals surface area contributed by atoms with Crippen LogP contribution in [-0.4, -0.2) is 5.84 Å². The van der Waals surface area contributed by atoms with Gasteiger partial charge in [0.2, 0.25) is 0 Å². The van der Waals surface area contributed by atoms with Gasteiger partial charge in [0.25, 0.3) is 0 Å². The predicted molar refractivity (Wildman–Crippen MR) is 75.7 cm³/mol. The van der Waals surface area contributed by atoms with Crippen LogP contribution in [0.4, 0.5) is 4.39 Å². The number of nitrogen functional groups attached to an aromatic ring is 1. The minimum absolute atomic E-state index is 0.0178. The monoisotopic (exact) mass is 324 g/mol. The van der Waals surface area contributed by atoms with E-state index in [0.29, 0.717) is 5.56 Å². The van der Waals surface area contributed by atoms with E-state index in [1.54, 1.807) is 12.1 Å². The Kier molecular flexibility index (Phi) is 4.04. The molecular weight excluding hydrogens is 315 g/mol. The minimum atomic E-state index is -0.251. The summed E-state index contributed by atoms with van der Waals surface area (Å²) in [4.78, 5) is 1.79. The molecule has 2 nitrogen and oxygen atoms in total. The maximum Gasteiger partial charge on any atom is 0.124 e. The molecule has 0 radical (unpaired) electrons. The first-order valence-corrected chi connectivity index (χ1v) is 6.74. The zero-order valence-corrected chi connectivity index (χ0v) is 11.7. The Hall–Kier alpha value is -1.33. The molecule has 0 saturated heterocycles. The summed E-state index contributed by atoms with van der Waals surface area (Å²) in [7, 11) is 0. The molecule has 0 heterocycles. The zero-order chi connectivity index (χ0) is 13.1. The standard InChI is InChI=1S/C13H10BrFN2S/c14-12-7-10(4-5-11(12)13(16)17)18-9-3-1-2-8(15)6-9/h1-7H,(H3,16,17). The fourth-order valence-corrected chi connectivity index (χ4v) is 3.09. The average Bonchev–Trinajstić information content (AvgIpc) is 2.28. The van der Waals surface area contributed by atoms with E-state index in [9.17, 15) is 4.39 Å². The molecule has 0 aliphatic carbocycles. The van der Waals surface area contributed by atoms with Crippen LogP contribution in [-0.2, 0) is 0 Å². The second kappa shape index (κ2) is 5.54. The molecule has 2 aromatic rings. The third kappa shape index (κ3) is 3.11. The Morgan fingerprint density at radius 3 is 2.50 bits per heavy atom. The van der Waals surface area contributed by atoms with E-state index in [0.717, 1.165) is 14.3 Å². The van der Waals surface area contributed by atoms with Gasteiger partial charge in [0, 0.05) is 19.8 Å². The lowest BCUT2D eigenvalue weighted by atomic mass is 10.2. The molecular formula is C13H10BrFN2S. The highest BCUT2D eigenvalue weighted by Crippen LogP contribution is 2.31. The van der Waals surface area contributed by atoms with Gasteiger partial charge in [0.05, 0.1) is 0 Å². The van der Waals surface area contributed by atoms with Gasteiger partial charge in [-0.15, -0.1) is 0 Å². The van der Waals surface area contributed by atoms with E-state index in [-0.39, 0.29) is 11.7 Å². The summed E-state index contributed by atoms with van der Waals surface area (Å²) in [5.74, 6) is -0.233. The smallest absolute Gasteiger partial charge is 0.124 e. The lowest BCUT2D eigenvalue weighted by molar-refractivity contribution is 0.624. The molecule has 0 unspecified atom stereocenters. The molecule has 0 bridgehead atoms. The van der Waals surface area contributed by atoms with Crippen molar-refractivity contribution in [1.82, 2.24) is 0 Å². The Morgan fingerprint density at radius 1 is 1.17 bits per heavy atom. The molecule has 0 saturated carbocycles. The van der Waals surface area contributed by atoms with Crippen LogP contribution in [0.25, 0.3) is 0 Å². The van der Waals surface area contributed by atoms with Crippen molar-refractivity contribution in [2.24, 2.45) is 5.73 Å². The molecule has 0 amide bonds. The lowest BCUT2D eigenvalue weighted by Gasteiger charge is -2.06. The summed E-state index contributed by atoms with van der Waals surface area (Å²) in [5, 5.41) is 7.39. The highest BCUT2D eigenvalue weighted by molar-refractivity contribution is 9.10. The summed E-state index contributed by atoms with van der Waals surface area (Å²) < 4.78 is 13.8. The largest absolute Gasteiger partial charge is 0.384 e. The summed E-state index contributed by atoms with van der Waals surface area (Å²) >= 11 is 4.82. The van der Waals surface area contributed by atoms with Crippen molar-refractivity contribution in [2.75, 3.05) is 0 Å². The van der Waals surface area contributed by atoms with Crippen molar-refractivity contribution in [3.8, 4) is 0 Å². The topological polar surface area (TPSA) is 49.9 Å². The van der Waals surface area contributed by atoms with Crippen molar-refractivity contribution in [2.45, 2.75) is 9.79 Å². The van der Waals surface area contributed by atoms with E-state index in [4.69, 9.17) is 11.1 Å². The van der Waals surface area contributed by atoms with Gasteiger partial charge < -0.3 is 5.73 Å². The maximum absolute atomic E-state index is 13.1. The van der Waals surface area contributed by atoms with Crippen LogP contribution >= 0.6 is 27.7 Å². The minimum Gasteiger partial charge on any atom is -0.384 e. The molecule has 2 rings (SSSR count). The fourth-order valence-electron chi connectivity index (χ4n) is 1.44. The number of nitrogens with one attached hydrogen (secondary N) is 1. The number of halogens is 2. The Balaban J connectivity index is 2.25. The van der Waals surface area contributed by atoms with Gasteiger partial charge in [0.15, 0.2) is 0 Å². The van der Waals surface area contributed by atoms with Crippen LogP contribution in [0.15, 0.2) is 56.7 Å². The summed E-state index contributed by atoms with van der Waals surface area (Å²) in [6, 6.07) is 11.9. The van der Waals surface area contributed by atoms with Crippen molar-refractivity contribution < 1.29 is 4.39 Å². The Bertz CT molecular complexity index is 601. The predicted octanol–water partition coefficient (Wildman–Crippen LogP) is 4.02. The third-order valence-corrected chi connectivity index (χ3v) is 3.90. The molecule has 0 atom stereocenters. The van der Waals surface area contributed by atoms with Crippen molar-refractivity contribution in [1.29, 1.82) is 5.41 Å². The number of amidine groups is 1. The average molecular weight is 325 g/mol. The van der Waals surface area contributed by atoms with Gasteiger partial charge in [-0.1, -0.05) is 17.8 Å². The third-order valence-electron chi connectivity index (χ3n) is 2.26. The van der Waals surface area contributed by atoms with Crippen LogP contribution < -0.4 is 5.73 Å². The van der Waals surface area contributed by atoms with Crippen LogP contribution in [0, 0.1) is 11.2 Å². The van der Waals surface area contributed by atoms with Gasteiger partial charge in [-0.3, -0.25) is 5.41 Å². The number of hydrogen-bond acceptors (Lipinski definition) is 2. The molecule has 18 heavy (non-hydrogen) atoms. The highest BCUT2D eigenvalue weighted by atomic mass is 79.9. The second-order valence-electron chi connectivity index (χ2n) is 3.61. The van der Waals surface area contributed by atoms with Crippen LogP contribution in [0.5, 0.6) is 0 Å². The first-order valence-electron chi connectivity index (χ1n) is 5.13. The zero-order valence-electron chi connectivity index (χ0n) is 9.28. The molecule has 3 N–H and O–H groups in total. The summed E-state index contributed by atoms with van der Waals surface area (Å²) in [6.07, 6.45) is 0. The van der Waals surface area contributed by atoms with Gasteiger partial charge in [-0.2, -0.15) is 0 Å². The van der Waals surface area contributed by atoms with E-state index < -0.39 is 0 Å². The SMILES string of the molecule is N=C(N)c1ccc(Sc2cccc(F)c2)cc1Br. The molecule has 5 heteroatoms. The number of benzene rings is 2. The normalized spacial score (nSPS) is 10.3. The van der Waals surface area contributed by atoms with Crippen LogP contribution in [0.3, 0.4) is 0 Å². The van der Waals surface area contributed by atoms with Gasteiger partial charge in [-0.25, -0.2) is 4.39 Å². The molecule has 0 aromatic heterocycles. The fraction of sp³-hybridized carbons (Fsp3) is 0. The van der Waals surface area contributed by atoms with Gasteiger partial charge in [0.1, 0.15) is 11.7 Å². The maximum atomic E-state index is 13.1. The first kappa shape index (κ1) is 13.1. The number of hydrogen-bond donors (Lipinski definition) is 2. The van der Waals surface area contributed by atoms with Crippen molar-refractivity contribution in [3.05, 3.63) is 58.3 Å². The van der Waals surface area contributed by atoms with Crippen molar-refractivity contribution in [3.63, 3.8) is 0 Å². The van der Waals surface area contributed by atoms with Crippen LogP contribution in [0.1, 0.15) is 5.56 Å². The lowest BCUT2D eigenvalue weighted by Crippen LogP contribution is -2.11. The van der Waals surface area contributed by atoms with E-state index >= 15 is 0 Å². The Morgan fingerprint density at radius 2 is 1.89 bits per heavy atom. The summed E-state index contributed by atoms with van der Waals surface area (Å²) in [6.45, 7) is 0. The number of rotatable bonds is 3. The highest BCUT2D eigenvalue weighted by Gasteiger charge is 2.05. The molecule has 92 valence electrons. The van der Waals surface area contributed by atoms with Gasteiger partial charge >= 0.3 is 0 Å². The quantitative estimate of drug-likeness (QED) is 0.661. The van der Waals surface area contributed by atoms with Crippen molar-refractivity contribution >= 4 is 33.5 Å². The Labute approximate surface area is 117 Å². The van der Waals surface area contributed by atoms with E-state index in [1.165, 1.54) is 23.9 Å². The van der Waals surface area contributed by atoms with E-state index in [2.05, 4.69) is 15.9 Å². The van der Waals surface area contributed by atoms with E-state index in [1.807, 2.05) is 18.2 Å². The first-order chi connectivity index (χ1) is 8.56. The number of nitrogens with two attached hydrogens (primary N) is 1. The van der Waals surface area contributed by atoms with Crippen LogP contribution in [0.2, 0.25) is 0 Å².